The summed E-state index contributed by atoms with van der Waals surface area (Å²) in [6.45, 7) is 5.63. The Morgan fingerprint density at radius 2 is 1.55 bits per heavy atom. The molecular weight excluding hydrogens is 545 g/mol. The van der Waals surface area contributed by atoms with E-state index >= 15 is 0 Å². The molecule has 1 N–H and O–H groups in total. The summed E-state index contributed by atoms with van der Waals surface area (Å²) in [7, 11) is -3.87. The number of hydrogen-bond acceptors (Lipinski definition) is 4. The Balaban J connectivity index is 2.05. The summed E-state index contributed by atoms with van der Waals surface area (Å²) in [6, 6.07) is 16.8. The Bertz CT molecular complexity index is 1390. The smallest absolute Gasteiger partial charge is 0.244 e. The summed E-state index contributed by atoms with van der Waals surface area (Å²) >= 11 is 12.8. The van der Waals surface area contributed by atoms with E-state index in [-0.39, 0.29) is 18.4 Å². The van der Waals surface area contributed by atoms with Crippen LogP contribution in [-0.2, 0) is 26.2 Å². The van der Waals surface area contributed by atoms with E-state index < -0.39 is 28.5 Å². The van der Waals surface area contributed by atoms with Crippen LogP contribution in [0.5, 0.6) is 0 Å². The highest BCUT2D eigenvalue weighted by Crippen LogP contribution is 2.30. The van der Waals surface area contributed by atoms with Gasteiger partial charge in [0.25, 0.3) is 0 Å². The van der Waals surface area contributed by atoms with Crippen LogP contribution < -0.4 is 9.62 Å². The molecule has 1 atom stereocenters. The highest BCUT2D eigenvalue weighted by atomic mass is 35.5. The summed E-state index contributed by atoms with van der Waals surface area (Å²) in [5.41, 5.74) is 0.863. The van der Waals surface area contributed by atoms with E-state index in [1.807, 2.05) is 44.2 Å². The molecular formula is C28H33Cl2N3O4S. The molecule has 0 spiro atoms. The summed E-state index contributed by atoms with van der Waals surface area (Å²) in [5.74, 6) is -0.662. The van der Waals surface area contributed by atoms with Gasteiger partial charge in [-0.05, 0) is 35.9 Å². The van der Waals surface area contributed by atoms with Crippen LogP contribution in [0.1, 0.15) is 32.8 Å². The van der Waals surface area contributed by atoms with Crippen molar-refractivity contribution >= 4 is 61.5 Å². The molecule has 0 radical (unpaired) electrons. The quantitative estimate of drug-likeness (QED) is 0.326. The molecule has 10 heteroatoms. The van der Waals surface area contributed by atoms with Gasteiger partial charge in [0.15, 0.2) is 0 Å². The lowest BCUT2D eigenvalue weighted by atomic mass is 10.1. The predicted octanol–water partition coefficient (Wildman–Crippen LogP) is 5.49. The Hall–Kier alpha value is -2.81. The standard InChI is InChI=1S/C28H33Cl2N3O4S/c1-5-25(28(35)31-16-19(2)3)32(17-22-23(29)13-9-14-24(22)30)27(34)18-33(38(4,36)37)26-15-8-11-20-10-6-7-12-21(20)26/h6-15,19,25H,5,16-18H2,1-4H3,(H,31,35). The average molecular weight is 579 g/mol. The topological polar surface area (TPSA) is 86.8 Å². The lowest BCUT2D eigenvalue weighted by Crippen LogP contribution is -2.52. The fraction of sp³-hybridized carbons (Fsp3) is 0.357. The third-order valence-corrected chi connectivity index (χ3v) is 8.01. The summed E-state index contributed by atoms with van der Waals surface area (Å²) in [4.78, 5) is 28.5. The van der Waals surface area contributed by atoms with Crippen molar-refractivity contribution in [2.24, 2.45) is 5.92 Å². The Labute approximate surface area is 234 Å². The number of anilines is 1. The van der Waals surface area contributed by atoms with Gasteiger partial charge in [0.1, 0.15) is 12.6 Å². The second-order valence-electron chi connectivity index (χ2n) is 9.55. The van der Waals surface area contributed by atoms with Crippen LogP contribution in [0.4, 0.5) is 5.69 Å². The van der Waals surface area contributed by atoms with Gasteiger partial charge in [-0.1, -0.05) is 86.4 Å². The van der Waals surface area contributed by atoms with E-state index in [1.54, 1.807) is 37.3 Å². The van der Waals surface area contributed by atoms with Crippen LogP contribution >= 0.6 is 23.2 Å². The molecule has 204 valence electrons. The van der Waals surface area contributed by atoms with Crippen molar-refractivity contribution in [2.75, 3.05) is 23.7 Å². The van der Waals surface area contributed by atoms with Gasteiger partial charge in [-0.15, -0.1) is 0 Å². The van der Waals surface area contributed by atoms with Crippen molar-refractivity contribution in [1.82, 2.24) is 10.2 Å². The molecule has 1 unspecified atom stereocenters. The van der Waals surface area contributed by atoms with E-state index in [9.17, 15) is 18.0 Å². The van der Waals surface area contributed by atoms with Gasteiger partial charge in [-0.3, -0.25) is 13.9 Å². The first kappa shape index (κ1) is 29.7. The first-order chi connectivity index (χ1) is 17.9. The van der Waals surface area contributed by atoms with E-state index in [2.05, 4.69) is 5.32 Å². The monoisotopic (exact) mass is 577 g/mol. The van der Waals surface area contributed by atoms with Crippen molar-refractivity contribution in [2.45, 2.75) is 39.8 Å². The van der Waals surface area contributed by atoms with Gasteiger partial charge < -0.3 is 10.2 Å². The molecule has 7 nitrogen and oxygen atoms in total. The number of nitrogens with zero attached hydrogens (tertiary/aromatic N) is 2. The number of sulfonamides is 1. The molecule has 0 bridgehead atoms. The van der Waals surface area contributed by atoms with Gasteiger partial charge in [0.05, 0.1) is 11.9 Å². The second-order valence-corrected chi connectivity index (χ2v) is 12.3. The molecule has 2 amide bonds. The normalized spacial score (nSPS) is 12.4. The maximum Gasteiger partial charge on any atom is 0.244 e. The Morgan fingerprint density at radius 3 is 2.16 bits per heavy atom. The fourth-order valence-electron chi connectivity index (χ4n) is 4.22. The van der Waals surface area contributed by atoms with Crippen molar-refractivity contribution in [1.29, 1.82) is 0 Å². The molecule has 0 saturated heterocycles. The fourth-order valence-corrected chi connectivity index (χ4v) is 5.59. The van der Waals surface area contributed by atoms with Crippen LogP contribution in [0.25, 0.3) is 10.8 Å². The lowest BCUT2D eigenvalue weighted by molar-refractivity contribution is -0.140. The van der Waals surface area contributed by atoms with Gasteiger partial charge in [0.2, 0.25) is 21.8 Å². The minimum Gasteiger partial charge on any atom is -0.354 e. The molecule has 3 rings (SSSR count). The third-order valence-electron chi connectivity index (χ3n) is 6.18. The maximum absolute atomic E-state index is 13.9. The number of carbonyl (C=O) groups is 2. The van der Waals surface area contributed by atoms with Crippen molar-refractivity contribution in [3.8, 4) is 0 Å². The first-order valence-corrected chi connectivity index (χ1v) is 15.0. The number of fused-ring (bicyclic) bond motifs is 1. The molecule has 0 fully saturated rings. The number of amides is 2. The van der Waals surface area contributed by atoms with Gasteiger partial charge in [0, 0.05) is 34.1 Å². The number of nitrogens with one attached hydrogen (secondary N) is 1. The summed E-state index contributed by atoms with van der Waals surface area (Å²) in [6.07, 6.45) is 1.37. The minimum absolute atomic E-state index is 0.0575. The molecule has 0 aliphatic carbocycles. The first-order valence-electron chi connectivity index (χ1n) is 12.4. The van der Waals surface area contributed by atoms with E-state index in [0.717, 1.165) is 15.9 Å². The van der Waals surface area contributed by atoms with Gasteiger partial charge >= 0.3 is 0 Å². The predicted molar refractivity (Wildman–Crippen MR) is 155 cm³/mol. The number of halogens is 2. The molecule has 3 aromatic rings. The zero-order valence-electron chi connectivity index (χ0n) is 21.9. The van der Waals surface area contributed by atoms with Gasteiger partial charge in [-0.2, -0.15) is 0 Å². The maximum atomic E-state index is 13.9. The largest absolute Gasteiger partial charge is 0.354 e. The molecule has 0 aliphatic heterocycles. The third kappa shape index (κ3) is 7.18. The number of rotatable bonds is 11. The zero-order valence-corrected chi connectivity index (χ0v) is 24.3. The van der Waals surface area contributed by atoms with Crippen LogP contribution in [0.3, 0.4) is 0 Å². The van der Waals surface area contributed by atoms with E-state index in [4.69, 9.17) is 23.2 Å². The molecule has 0 saturated carbocycles. The molecule has 0 aliphatic rings. The average Bonchev–Trinajstić information content (AvgIpc) is 2.86. The van der Waals surface area contributed by atoms with Crippen LogP contribution in [0, 0.1) is 5.92 Å². The lowest BCUT2D eigenvalue weighted by Gasteiger charge is -2.33. The summed E-state index contributed by atoms with van der Waals surface area (Å²) in [5, 5.41) is 5.12. The number of hydrogen-bond donors (Lipinski definition) is 1. The van der Waals surface area contributed by atoms with Crippen molar-refractivity contribution in [3.63, 3.8) is 0 Å². The second kappa shape index (κ2) is 12.8. The molecule has 0 heterocycles. The number of benzene rings is 3. The van der Waals surface area contributed by atoms with Crippen molar-refractivity contribution in [3.05, 3.63) is 76.3 Å². The van der Waals surface area contributed by atoms with Gasteiger partial charge in [-0.25, -0.2) is 8.42 Å². The minimum atomic E-state index is -3.87. The highest BCUT2D eigenvalue weighted by Gasteiger charge is 2.33. The van der Waals surface area contributed by atoms with Crippen LogP contribution in [0.15, 0.2) is 60.7 Å². The highest BCUT2D eigenvalue weighted by molar-refractivity contribution is 7.92. The summed E-state index contributed by atoms with van der Waals surface area (Å²) < 4.78 is 27.1. The molecule has 0 aromatic heterocycles. The Kier molecular flexibility index (Phi) is 10.0. The van der Waals surface area contributed by atoms with E-state index in [0.29, 0.717) is 39.6 Å². The SMILES string of the molecule is CCC(C(=O)NCC(C)C)N(Cc1c(Cl)cccc1Cl)C(=O)CN(c1cccc2ccccc12)S(C)(=O)=O. The number of carbonyl (C=O) groups excluding carboxylic acids is 2. The van der Waals surface area contributed by atoms with Crippen LogP contribution in [-0.4, -0.2) is 50.5 Å². The van der Waals surface area contributed by atoms with Crippen molar-refractivity contribution < 1.29 is 18.0 Å². The molecule has 38 heavy (non-hydrogen) atoms. The van der Waals surface area contributed by atoms with Crippen LogP contribution in [0.2, 0.25) is 10.0 Å². The Morgan fingerprint density at radius 1 is 0.947 bits per heavy atom. The van der Waals surface area contributed by atoms with E-state index in [1.165, 1.54) is 4.90 Å². The zero-order chi connectivity index (χ0) is 28.0. The molecule has 3 aromatic carbocycles.